The molecule has 0 rings (SSSR count). The highest BCUT2D eigenvalue weighted by Crippen LogP contribution is 2.43. The maximum atomic E-state index is 12.6. The van der Waals surface area contributed by atoms with Gasteiger partial charge in [-0.25, -0.2) is 4.57 Å². The van der Waals surface area contributed by atoms with Crippen molar-refractivity contribution in [2.24, 2.45) is 5.73 Å². The maximum absolute atomic E-state index is 12.6. The lowest BCUT2D eigenvalue weighted by Gasteiger charge is -2.19. The van der Waals surface area contributed by atoms with E-state index in [9.17, 15) is 19.0 Å². The quantitative estimate of drug-likeness (QED) is 0.0270. The molecule has 0 aliphatic carbocycles. The molecule has 0 bridgehead atoms. The number of carbonyl (C=O) groups is 2. The minimum Gasteiger partial charge on any atom is -0.462 e. The summed E-state index contributed by atoms with van der Waals surface area (Å²) in [5, 5.41) is 0. The second-order valence-corrected chi connectivity index (χ2v) is 16.0. The highest BCUT2D eigenvalue weighted by Gasteiger charge is 2.26. The van der Waals surface area contributed by atoms with E-state index in [1.165, 1.54) is 128 Å². The zero-order valence-electron chi connectivity index (χ0n) is 33.8. The van der Waals surface area contributed by atoms with Crippen LogP contribution >= 0.6 is 7.82 Å². The van der Waals surface area contributed by atoms with Crippen LogP contribution in [0.5, 0.6) is 0 Å². The van der Waals surface area contributed by atoms with Crippen molar-refractivity contribution in [3.63, 3.8) is 0 Å². The molecule has 2 atom stereocenters. The molecule has 9 nitrogen and oxygen atoms in total. The Labute approximate surface area is 319 Å². The third-order valence-corrected chi connectivity index (χ3v) is 10.4. The molecule has 3 N–H and O–H groups in total. The van der Waals surface area contributed by atoms with Crippen molar-refractivity contribution in [1.82, 2.24) is 0 Å². The van der Waals surface area contributed by atoms with Crippen LogP contribution in [0.15, 0.2) is 12.2 Å². The van der Waals surface area contributed by atoms with Gasteiger partial charge in [0.25, 0.3) is 0 Å². The van der Waals surface area contributed by atoms with E-state index in [1.807, 2.05) is 0 Å². The van der Waals surface area contributed by atoms with Crippen molar-refractivity contribution in [3.8, 4) is 0 Å². The molecule has 308 valence electrons. The molecule has 0 aliphatic rings. The molecule has 10 heteroatoms. The number of allylic oxidation sites excluding steroid dienone is 2. The van der Waals surface area contributed by atoms with Crippen LogP contribution in [-0.4, -0.2) is 49.3 Å². The van der Waals surface area contributed by atoms with E-state index < -0.39 is 26.5 Å². The van der Waals surface area contributed by atoms with E-state index >= 15 is 0 Å². The molecular formula is C42H82NO8P. The molecule has 0 aliphatic heterocycles. The van der Waals surface area contributed by atoms with Crippen LogP contribution in [0.4, 0.5) is 0 Å². The van der Waals surface area contributed by atoms with Crippen LogP contribution in [0, 0.1) is 0 Å². The minimum absolute atomic E-state index is 0.0548. The van der Waals surface area contributed by atoms with Crippen LogP contribution in [0.25, 0.3) is 0 Å². The van der Waals surface area contributed by atoms with Gasteiger partial charge in [0.2, 0.25) is 0 Å². The zero-order valence-corrected chi connectivity index (χ0v) is 34.7. The number of hydrogen-bond acceptors (Lipinski definition) is 8. The summed E-state index contributed by atoms with van der Waals surface area (Å²) in [7, 11) is -4.37. The van der Waals surface area contributed by atoms with Crippen molar-refractivity contribution >= 4 is 19.8 Å². The molecule has 0 saturated carbocycles. The number of ether oxygens (including phenoxy) is 2. The van der Waals surface area contributed by atoms with Gasteiger partial charge in [-0.3, -0.25) is 18.6 Å². The van der Waals surface area contributed by atoms with Gasteiger partial charge in [0.1, 0.15) is 6.61 Å². The normalized spacial score (nSPS) is 13.4. The maximum Gasteiger partial charge on any atom is 0.472 e. The third-order valence-electron chi connectivity index (χ3n) is 9.40. The first-order valence-electron chi connectivity index (χ1n) is 21.7. The van der Waals surface area contributed by atoms with Crippen molar-refractivity contribution < 1.29 is 37.6 Å². The van der Waals surface area contributed by atoms with Crippen LogP contribution in [0.3, 0.4) is 0 Å². The molecule has 0 saturated heterocycles. The van der Waals surface area contributed by atoms with E-state index in [0.29, 0.717) is 6.42 Å². The number of esters is 2. The average molecular weight is 760 g/mol. The first-order chi connectivity index (χ1) is 25.3. The zero-order chi connectivity index (χ0) is 38.2. The fourth-order valence-corrected chi connectivity index (χ4v) is 6.92. The SMILES string of the molecule is CCCCCCC/C=C\CCCCCCCC(=O)OC(COC(=O)CCCCCCCCCCCCCCCCCCC)COP(=O)(O)OCCN. The van der Waals surface area contributed by atoms with Gasteiger partial charge in [0.15, 0.2) is 6.10 Å². The van der Waals surface area contributed by atoms with Crippen molar-refractivity contribution in [1.29, 1.82) is 0 Å². The molecule has 0 amide bonds. The second kappa shape index (κ2) is 39.4. The summed E-state index contributed by atoms with van der Waals surface area (Å²) in [6, 6.07) is 0. The van der Waals surface area contributed by atoms with Gasteiger partial charge < -0.3 is 20.1 Å². The van der Waals surface area contributed by atoms with Crippen LogP contribution < -0.4 is 5.73 Å². The Kier molecular flexibility index (Phi) is 38.5. The Morgan fingerprint density at radius 3 is 1.37 bits per heavy atom. The van der Waals surface area contributed by atoms with E-state index in [2.05, 4.69) is 26.0 Å². The standard InChI is InChI=1S/C42H82NO8P/c1-3-5-7-9-11-13-15-17-19-20-21-23-24-26-28-30-32-34-41(44)48-38-40(39-50-52(46,47)49-37-36-43)51-42(45)35-33-31-29-27-25-22-18-16-14-12-10-8-6-4-2/h16,18,40H,3-15,17,19-39,43H2,1-2H3,(H,46,47)/b18-16-. The lowest BCUT2D eigenvalue weighted by atomic mass is 10.0. The third kappa shape index (κ3) is 38.5. The molecule has 0 fully saturated rings. The van der Waals surface area contributed by atoms with Gasteiger partial charge in [-0.2, -0.15) is 0 Å². The largest absolute Gasteiger partial charge is 0.472 e. The Balaban J connectivity index is 4.12. The fraction of sp³-hybridized carbons (Fsp3) is 0.905. The Hall–Kier alpha value is -1.25. The molecular weight excluding hydrogens is 677 g/mol. The van der Waals surface area contributed by atoms with Crippen LogP contribution in [0.1, 0.15) is 213 Å². The van der Waals surface area contributed by atoms with Crippen molar-refractivity contribution in [2.45, 2.75) is 219 Å². The lowest BCUT2D eigenvalue weighted by Crippen LogP contribution is -2.29. The summed E-state index contributed by atoms with van der Waals surface area (Å²) >= 11 is 0. The summed E-state index contributed by atoms with van der Waals surface area (Å²) < 4.78 is 32.8. The van der Waals surface area contributed by atoms with Gasteiger partial charge in [-0.15, -0.1) is 0 Å². The summed E-state index contributed by atoms with van der Waals surface area (Å²) in [6.07, 6.45) is 39.5. The summed E-state index contributed by atoms with van der Waals surface area (Å²) in [4.78, 5) is 34.8. The van der Waals surface area contributed by atoms with Gasteiger partial charge in [-0.05, 0) is 38.5 Å². The molecule has 0 aromatic carbocycles. The van der Waals surface area contributed by atoms with E-state index in [1.54, 1.807) is 0 Å². The molecule has 0 heterocycles. The minimum atomic E-state index is -4.37. The number of nitrogens with two attached hydrogens (primary N) is 1. The summed E-state index contributed by atoms with van der Waals surface area (Å²) in [5.74, 6) is -0.828. The number of phosphoric acid groups is 1. The predicted octanol–water partition coefficient (Wildman–Crippen LogP) is 12.2. The van der Waals surface area contributed by atoms with Gasteiger partial charge >= 0.3 is 19.8 Å². The summed E-state index contributed by atoms with van der Waals surface area (Å²) in [5.41, 5.74) is 5.34. The molecule has 2 unspecified atom stereocenters. The number of hydrogen-bond donors (Lipinski definition) is 2. The van der Waals surface area contributed by atoms with Gasteiger partial charge in [0, 0.05) is 19.4 Å². The van der Waals surface area contributed by atoms with E-state index in [0.717, 1.165) is 51.4 Å². The Morgan fingerprint density at radius 2 is 0.942 bits per heavy atom. The Bertz CT molecular complexity index is 871. The van der Waals surface area contributed by atoms with Gasteiger partial charge in [-0.1, -0.05) is 174 Å². The molecule has 0 spiro atoms. The fourth-order valence-electron chi connectivity index (χ4n) is 6.16. The molecule has 0 aromatic heterocycles. The summed E-state index contributed by atoms with van der Waals surface area (Å²) in [6.45, 7) is 3.74. The van der Waals surface area contributed by atoms with E-state index in [4.69, 9.17) is 24.3 Å². The van der Waals surface area contributed by atoms with Crippen molar-refractivity contribution in [2.75, 3.05) is 26.4 Å². The number of rotatable bonds is 41. The molecule has 0 radical (unpaired) electrons. The number of phosphoric ester groups is 1. The highest BCUT2D eigenvalue weighted by molar-refractivity contribution is 7.47. The predicted molar refractivity (Wildman–Crippen MR) is 215 cm³/mol. The smallest absolute Gasteiger partial charge is 0.462 e. The van der Waals surface area contributed by atoms with Crippen molar-refractivity contribution in [3.05, 3.63) is 12.2 Å². The number of unbranched alkanes of at least 4 members (excludes halogenated alkanes) is 26. The number of carbonyl (C=O) groups excluding carboxylic acids is 2. The first-order valence-corrected chi connectivity index (χ1v) is 23.2. The Morgan fingerprint density at radius 1 is 0.558 bits per heavy atom. The molecule has 0 aromatic rings. The monoisotopic (exact) mass is 760 g/mol. The van der Waals surface area contributed by atoms with E-state index in [-0.39, 0.29) is 38.6 Å². The van der Waals surface area contributed by atoms with Crippen LogP contribution in [-0.2, 0) is 32.7 Å². The first kappa shape index (κ1) is 50.8. The van der Waals surface area contributed by atoms with Gasteiger partial charge in [0.05, 0.1) is 13.2 Å². The molecule has 52 heavy (non-hydrogen) atoms. The van der Waals surface area contributed by atoms with Crippen LogP contribution in [0.2, 0.25) is 0 Å². The average Bonchev–Trinajstić information content (AvgIpc) is 3.13. The lowest BCUT2D eigenvalue weighted by molar-refractivity contribution is -0.161. The topological polar surface area (TPSA) is 134 Å². The highest BCUT2D eigenvalue weighted by atomic mass is 31.2. The second-order valence-electron chi connectivity index (χ2n) is 14.6.